The van der Waals surface area contributed by atoms with Crippen molar-refractivity contribution in [3.8, 4) is 17.0 Å². The molecule has 3 aromatic carbocycles. The lowest BCUT2D eigenvalue weighted by atomic mass is 9.96. The SMILES string of the molecule is COc1cc(-c2cccc(Cl)c2)c2cc(C(=O)c3ccc(C4=NC(C)(C)CO4)cc3)ccc2n1. The molecule has 5 rings (SSSR count). The summed E-state index contributed by atoms with van der Waals surface area (Å²) in [5.74, 6) is 1.04. The van der Waals surface area contributed by atoms with Crippen molar-refractivity contribution < 1.29 is 14.3 Å². The molecule has 0 amide bonds. The monoisotopic (exact) mass is 470 g/mol. The Morgan fingerprint density at radius 1 is 0.971 bits per heavy atom. The third-order valence-electron chi connectivity index (χ3n) is 5.75. The quantitative estimate of drug-likeness (QED) is 0.319. The molecule has 0 bridgehead atoms. The average Bonchev–Trinajstić information content (AvgIpc) is 3.22. The van der Waals surface area contributed by atoms with E-state index in [0.29, 0.717) is 34.5 Å². The van der Waals surface area contributed by atoms with Crippen LogP contribution in [0.4, 0.5) is 0 Å². The van der Waals surface area contributed by atoms with E-state index in [0.717, 1.165) is 27.6 Å². The van der Waals surface area contributed by atoms with Crippen LogP contribution in [-0.4, -0.2) is 35.9 Å². The predicted octanol–water partition coefficient (Wildman–Crippen LogP) is 6.35. The minimum absolute atomic E-state index is 0.0732. The molecule has 0 unspecified atom stereocenters. The van der Waals surface area contributed by atoms with Gasteiger partial charge in [-0.05, 0) is 67.4 Å². The van der Waals surface area contributed by atoms with Gasteiger partial charge >= 0.3 is 0 Å². The molecule has 0 saturated heterocycles. The zero-order valence-corrected chi connectivity index (χ0v) is 19.9. The number of benzene rings is 3. The molecule has 1 aromatic heterocycles. The molecule has 0 radical (unpaired) electrons. The van der Waals surface area contributed by atoms with Gasteiger partial charge in [0.25, 0.3) is 0 Å². The number of carbonyl (C=O) groups is 1. The van der Waals surface area contributed by atoms with Crippen molar-refractivity contribution in [2.24, 2.45) is 4.99 Å². The number of pyridine rings is 1. The fourth-order valence-corrected chi connectivity index (χ4v) is 4.20. The predicted molar refractivity (Wildman–Crippen MR) is 135 cm³/mol. The Labute approximate surface area is 203 Å². The van der Waals surface area contributed by atoms with Crippen LogP contribution in [0.25, 0.3) is 22.0 Å². The number of aromatic nitrogens is 1. The van der Waals surface area contributed by atoms with Gasteiger partial charge in [0.1, 0.15) is 6.61 Å². The van der Waals surface area contributed by atoms with Crippen molar-refractivity contribution in [3.63, 3.8) is 0 Å². The number of aliphatic imine (C=N–C) groups is 1. The van der Waals surface area contributed by atoms with Crippen molar-refractivity contribution in [1.82, 2.24) is 4.98 Å². The van der Waals surface area contributed by atoms with Gasteiger partial charge in [-0.3, -0.25) is 4.79 Å². The van der Waals surface area contributed by atoms with Crippen LogP contribution in [0.5, 0.6) is 5.88 Å². The highest BCUT2D eigenvalue weighted by Crippen LogP contribution is 2.33. The van der Waals surface area contributed by atoms with Gasteiger partial charge in [0, 0.05) is 33.2 Å². The van der Waals surface area contributed by atoms with Crippen molar-refractivity contribution in [2.75, 3.05) is 13.7 Å². The van der Waals surface area contributed by atoms with Gasteiger partial charge in [-0.2, -0.15) is 0 Å². The molecule has 0 saturated carbocycles. The summed E-state index contributed by atoms with van der Waals surface area (Å²) in [5, 5.41) is 1.48. The second kappa shape index (κ2) is 8.58. The largest absolute Gasteiger partial charge is 0.481 e. The topological polar surface area (TPSA) is 60.8 Å². The van der Waals surface area contributed by atoms with E-state index >= 15 is 0 Å². The molecule has 6 heteroatoms. The Balaban J connectivity index is 1.53. The number of rotatable bonds is 5. The van der Waals surface area contributed by atoms with Crippen LogP contribution in [0, 0.1) is 0 Å². The molecule has 170 valence electrons. The second-order valence-electron chi connectivity index (χ2n) is 8.88. The van der Waals surface area contributed by atoms with E-state index < -0.39 is 0 Å². The van der Waals surface area contributed by atoms with E-state index in [9.17, 15) is 4.79 Å². The summed E-state index contributed by atoms with van der Waals surface area (Å²) in [6.07, 6.45) is 0. The summed E-state index contributed by atoms with van der Waals surface area (Å²) in [4.78, 5) is 22.5. The summed E-state index contributed by atoms with van der Waals surface area (Å²) < 4.78 is 11.1. The van der Waals surface area contributed by atoms with Gasteiger partial charge in [0.2, 0.25) is 11.8 Å². The van der Waals surface area contributed by atoms with Crippen molar-refractivity contribution >= 4 is 34.2 Å². The van der Waals surface area contributed by atoms with Crippen LogP contribution >= 0.6 is 11.6 Å². The van der Waals surface area contributed by atoms with E-state index in [2.05, 4.69) is 9.98 Å². The molecule has 4 aromatic rings. The van der Waals surface area contributed by atoms with Crippen LogP contribution in [0.3, 0.4) is 0 Å². The molecular formula is C28H23ClN2O3. The molecule has 0 atom stereocenters. The molecule has 2 heterocycles. The van der Waals surface area contributed by atoms with Crippen LogP contribution in [0.2, 0.25) is 5.02 Å². The third-order valence-corrected chi connectivity index (χ3v) is 5.99. The Kier molecular flexibility index (Phi) is 5.58. The van der Waals surface area contributed by atoms with Crippen molar-refractivity contribution in [2.45, 2.75) is 19.4 Å². The minimum atomic E-state index is -0.230. The molecular weight excluding hydrogens is 448 g/mol. The molecule has 0 spiro atoms. The van der Waals surface area contributed by atoms with E-state index in [-0.39, 0.29) is 11.3 Å². The summed E-state index contributed by atoms with van der Waals surface area (Å²) >= 11 is 6.24. The van der Waals surface area contributed by atoms with Gasteiger partial charge in [-0.15, -0.1) is 0 Å². The molecule has 34 heavy (non-hydrogen) atoms. The first-order valence-electron chi connectivity index (χ1n) is 11.0. The molecule has 1 aliphatic rings. The first-order chi connectivity index (χ1) is 16.3. The van der Waals surface area contributed by atoms with Gasteiger partial charge in [0.05, 0.1) is 18.2 Å². The van der Waals surface area contributed by atoms with E-state index in [1.165, 1.54) is 0 Å². The lowest BCUT2D eigenvalue weighted by Crippen LogP contribution is -2.17. The normalized spacial score (nSPS) is 14.5. The Morgan fingerprint density at radius 3 is 2.41 bits per heavy atom. The number of nitrogens with zero attached hydrogens (tertiary/aromatic N) is 2. The summed E-state index contributed by atoms with van der Waals surface area (Å²) in [5.41, 5.74) is 4.35. The molecule has 0 N–H and O–H groups in total. The lowest BCUT2D eigenvalue weighted by molar-refractivity contribution is 0.103. The molecule has 1 aliphatic heterocycles. The van der Waals surface area contributed by atoms with Crippen LogP contribution < -0.4 is 4.74 Å². The molecule has 0 fully saturated rings. The molecule has 0 aliphatic carbocycles. The Hall–Kier alpha value is -3.70. The number of methoxy groups -OCH3 is 1. The lowest BCUT2D eigenvalue weighted by Gasteiger charge is -2.11. The zero-order chi connectivity index (χ0) is 23.9. The number of ether oxygens (including phenoxy) is 2. The smallest absolute Gasteiger partial charge is 0.216 e. The second-order valence-corrected chi connectivity index (χ2v) is 9.32. The number of carbonyl (C=O) groups excluding carboxylic acids is 1. The van der Waals surface area contributed by atoms with Crippen LogP contribution in [0.1, 0.15) is 35.3 Å². The Bertz CT molecular complexity index is 1440. The van der Waals surface area contributed by atoms with Crippen molar-refractivity contribution in [1.29, 1.82) is 0 Å². The number of ketones is 1. The fourth-order valence-electron chi connectivity index (χ4n) is 4.01. The number of hydrogen-bond acceptors (Lipinski definition) is 5. The highest BCUT2D eigenvalue weighted by atomic mass is 35.5. The third kappa shape index (κ3) is 4.27. The van der Waals surface area contributed by atoms with Crippen molar-refractivity contribution in [3.05, 3.63) is 94.5 Å². The molecule has 5 nitrogen and oxygen atoms in total. The van der Waals surface area contributed by atoms with Gasteiger partial charge in [-0.25, -0.2) is 9.98 Å². The van der Waals surface area contributed by atoms with Gasteiger partial charge in [-0.1, -0.05) is 35.9 Å². The maximum absolute atomic E-state index is 13.3. The minimum Gasteiger partial charge on any atom is -0.481 e. The van der Waals surface area contributed by atoms with E-state index in [4.69, 9.17) is 21.1 Å². The Morgan fingerprint density at radius 2 is 1.74 bits per heavy atom. The van der Waals surface area contributed by atoms with E-state index in [1.807, 2.05) is 80.6 Å². The highest BCUT2D eigenvalue weighted by Gasteiger charge is 2.27. The summed E-state index contributed by atoms with van der Waals surface area (Å²) in [6, 6.07) is 22.3. The highest BCUT2D eigenvalue weighted by molar-refractivity contribution is 6.31. The number of hydrogen-bond donors (Lipinski definition) is 0. The zero-order valence-electron chi connectivity index (χ0n) is 19.1. The van der Waals surface area contributed by atoms with Gasteiger partial charge in [0.15, 0.2) is 5.78 Å². The van der Waals surface area contributed by atoms with E-state index in [1.54, 1.807) is 13.2 Å². The first kappa shape index (κ1) is 22.1. The summed E-state index contributed by atoms with van der Waals surface area (Å²) in [6.45, 7) is 4.60. The summed E-state index contributed by atoms with van der Waals surface area (Å²) in [7, 11) is 1.58. The van der Waals surface area contributed by atoms with Crippen LogP contribution in [-0.2, 0) is 4.74 Å². The van der Waals surface area contributed by atoms with Gasteiger partial charge < -0.3 is 9.47 Å². The standard InChI is InChI=1S/C28H23ClN2O3/c1-28(2)16-34-27(31-28)18-9-7-17(8-10-18)26(32)20-11-12-24-23(14-20)22(15-25(30-24)33-3)19-5-4-6-21(29)13-19/h4-15H,16H2,1-3H3. The maximum Gasteiger partial charge on any atom is 0.216 e. The average molecular weight is 471 g/mol. The maximum atomic E-state index is 13.3. The number of halogens is 1. The first-order valence-corrected chi connectivity index (χ1v) is 11.3. The number of fused-ring (bicyclic) bond motifs is 1. The fraction of sp³-hybridized carbons (Fsp3) is 0.179. The van der Waals surface area contributed by atoms with Crippen LogP contribution in [0.15, 0.2) is 77.8 Å².